The first-order valence-corrected chi connectivity index (χ1v) is 10.1. The predicted molar refractivity (Wildman–Crippen MR) is 120 cm³/mol. The highest BCUT2D eigenvalue weighted by molar-refractivity contribution is 5.80. The van der Waals surface area contributed by atoms with Crippen molar-refractivity contribution < 1.29 is 14.8 Å². The van der Waals surface area contributed by atoms with E-state index >= 15 is 0 Å². The molecule has 32 heavy (non-hydrogen) atoms. The summed E-state index contributed by atoms with van der Waals surface area (Å²) in [5, 5.41) is 34.6. The molecule has 3 rings (SSSR count). The topological polar surface area (TPSA) is 116 Å². The molecule has 1 amide bonds. The van der Waals surface area contributed by atoms with Gasteiger partial charge < -0.3 is 10.4 Å². The molecule has 3 aromatic carbocycles. The van der Waals surface area contributed by atoms with Gasteiger partial charge in [0.1, 0.15) is 5.41 Å². The molecule has 0 saturated heterocycles. The number of carbonyl (C=O) groups excluding carboxylic acids is 1. The van der Waals surface area contributed by atoms with Crippen LogP contribution in [-0.4, -0.2) is 22.0 Å². The number of aliphatic hydroxyl groups is 1. The van der Waals surface area contributed by atoms with Crippen LogP contribution in [0.2, 0.25) is 0 Å². The number of rotatable bonds is 8. The first-order chi connectivity index (χ1) is 15.4. The third-order valence-electron chi connectivity index (χ3n) is 5.46. The van der Waals surface area contributed by atoms with Crippen LogP contribution in [0.25, 0.3) is 0 Å². The van der Waals surface area contributed by atoms with Crippen LogP contribution >= 0.6 is 0 Å². The van der Waals surface area contributed by atoms with E-state index in [0.29, 0.717) is 16.7 Å². The van der Waals surface area contributed by atoms with Gasteiger partial charge in [0.05, 0.1) is 29.6 Å². The number of nitrogens with one attached hydrogen (secondary N) is 1. The molecule has 0 aliphatic rings. The van der Waals surface area contributed by atoms with Crippen molar-refractivity contribution in [2.75, 3.05) is 0 Å². The van der Waals surface area contributed by atoms with E-state index in [2.05, 4.69) is 11.4 Å². The molecule has 0 spiro atoms. The Bertz CT molecular complexity index is 1110. The van der Waals surface area contributed by atoms with Gasteiger partial charge in [0.15, 0.2) is 0 Å². The summed E-state index contributed by atoms with van der Waals surface area (Å²) in [7, 11) is 0. The molecule has 7 heteroatoms. The molecule has 0 unspecified atom stereocenters. The molecule has 0 aromatic heterocycles. The van der Waals surface area contributed by atoms with Gasteiger partial charge in [-0.2, -0.15) is 5.26 Å². The van der Waals surface area contributed by atoms with Crippen LogP contribution in [0.15, 0.2) is 84.9 Å². The molecule has 0 bridgehead atoms. The Morgan fingerprint density at radius 2 is 1.56 bits per heavy atom. The van der Waals surface area contributed by atoms with E-state index in [1.54, 1.807) is 61.5 Å². The minimum Gasteiger partial charge on any atom is -0.386 e. The lowest BCUT2D eigenvalue weighted by Crippen LogP contribution is -2.41. The highest BCUT2D eigenvalue weighted by atomic mass is 16.6. The number of nitrogens with zero attached hydrogens (tertiary/aromatic N) is 2. The Kier molecular flexibility index (Phi) is 6.98. The van der Waals surface area contributed by atoms with Crippen LogP contribution in [0.3, 0.4) is 0 Å². The second kappa shape index (κ2) is 9.86. The van der Waals surface area contributed by atoms with Crippen molar-refractivity contribution >= 4 is 11.6 Å². The van der Waals surface area contributed by atoms with E-state index in [1.807, 2.05) is 6.07 Å². The molecule has 3 aromatic rings. The smallest absolute Gasteiger partial charge is 0.269 e. The van der Waals surface area contributed by atoms with E-state index in [-0.39, 0.29) is 12.1 Å². The number of nitro groups is 1. The third-order valence-corrected chi connectivity index (χ3v) is 5.46. The zero-order chi connectivity index (χ0) is 23.1. The number of hydrogen-bond acceptors (Lipinski definition) is 5. The number of amides is 1. The number of nitriles is 1. The summed E-state index contributed by atoms with van der Waals surface area (Å²) in [5.74, 6) is -0.420. The lowest BCUT2D eigenvalue weighted by molar-refractivity contribution is -0.384. The Balaban J connectivity index is 1.90. The Morgan fingerprint density at radius 1 is 1.03 bits per heavy atom. The lowest BCUT2D eigenvalue weighted by Gasteiger charge is -2.29. The van der Waals surface area contributed by atoms with Crippen LogP contribution in [0, 0.1) is 21.4 Å². The van der Waals surface area contributed by atoms with Gasteiger partial charge in [0.2, 0.25) is 5.91 Å². The molecule has 3 atom stereocenters. The quantitative estimate of drug-likeness (QED) is 0.414. The zero-order valence-corrected chi connectivity index (χ0v) is 17.5. The number of nitro benzene ring substituents is 1. The average Bonchev–Trinajstić information content (AvgIpc) is 2.83. The number of non-ortho nitro benzene ring substituents is 1. The minimum atomic E-state index is -1.35. The molecule has 2 N–H and O–H groups in total. The normalized spacial score (nSPS) is 14.4. The van der Waals surface area contributed by atoms with Crippen LogP contribution in [-0.2, 0) is 10.2 Å². The molecule has 0 saturated carbocycles. The second-order valence-electron chi connectivity index (χ2n) is 7.58. The van der Waals surface area contributed by atoms with Crippen molar-refractivity contribution in [2.24, 2.45) is 0 Å². The van der Waals surface area contributed by atoms with Gasteiger partial charge in [-0.05, 0) is 23.6 Å². The van der Waals surface area contributed by atoms with Gasteiger partial charge in [-0.1, -0.05) is 72.8 Å². The summed E-state index contributed by atoms with van der Waals surface area (Å²) in [5.41, 5.74) is 0.298. The first-order valence-electron chi connectivity index (χ1n) is 10.1. The van der Waals surface area contributed by atoms with Gasteiger partial charge >= 0.3 is 0 Å². The first kappa shape index (κ1) is 22.7. The van der Waals surface area contributed by atoms with E-state index < -0.39 is 28.4 Å². The maximum atomic E-state index is 13.0. The lowest BCUT2D eigenvalue weighted by atomic mass is 9.73. The SMILES string of the molecule is C[C@H](NC(=O)C[C@@](C#N)(c1ccccc1)c1ccc([N+](=O)[O-])cc1)[C@H](O)c1ccccc1. The number of hydrogen-bond donors (Lipinski definition) is 2. The number of aliphatic hydroxyl groups excluding tert-OH is 1. The molecule has 0 radical (unpaired) electrons. The summed E-state index contributed by atoms with van der Waals surface area (Å²) >= 11 is 0. The Morgan fingerprint density at radius 3 is 2.09 bits per heavy atom. The molecule has 7 nitrogen and oxygen atoms in total. The summed E-state index contributed by atoms with van der Waals surface area (Å²) in [6.45, 7) is 1.69. The van der Waals surface area contributed by atoms with Crippen molar-refractivity contribution in [2.45, 2.75) is 30.9 Å². The fraction of sp³-hybridized carbons (Fsp3) is 0.200. The van der Waals surface area contributed by atoms with Crippen LogP contribution < -0.4 is 5.32 Å². The number of carbonyl (C=O) groups is 1. The highest BCUT2D eigenvalue weighted by Crippen LogP contribution is 2.36. The summed E-state index contributed by atoms with van der Waals surface area (Å²) < 4.78 is 0. The monoisotopic (exact) mass is 429 g/mol. The molecule has 0 aliphatic heterocycles. The fourth-order valence-corrected chi connectivity index (χ4v) is 3.69. The second-order valence-corrected chi connectivity index (χ2v) is 7.58. The van der Waals surface area contributed by atoms with E-state index in [4.69, 9.17) is 0 Å². The van der Waals surface area contributed by atoms with Gasteiger partial charge in [-0.3, -0.25) is 14.9 Å². The maximum Gasteiger partial charge on any atom is 0.269 e. The summed E-state index contributed by atoms with van der Waals surface area (Å²) in [6, 6.07) is 25.2. The van der Waals surface area contributed by atoms with Crippen molar-refractivity contribution in [3.8, 4) is 6.07 Å². The van der Waals surface area contributed by atoms with Gasteiger partial charge in [-0.15, -0.1) is 0 Å². The molecule has 0 aliphatic carbocycles. The fourth-order valence-electron chi connectivity index (χ4n) is 3.69. The van der Waals surface area contributed by atoms with Crippen LogP contribution in [0.1, 0.15) is 36.1 Å². The molecule has 0 fully saturated rings. The standard InChI is InChI=1S/C25H23N3O4/c1-18(24(30)19-8-4-2-5-9-19)27-23(29)16-25(17-26,20-10-6-3-7-11-20)21-12-14-22(15-13-21)28(31)32/h2-15,18,24,30H,16H2,1H3,(H,27,29)/t18-,24-,25+/m0/s1. The van der Waals surface area contributed by atoms with Crippen LogP contribution in [0.5, 0.6) is 0 Å². The summed E-state index contributed by atoms with van der Waals surface area (Å²) in [4.78, 5) is 23.5. The predicted octanol–water partition coefficient (Wildman–Crippen LogP) is 4.03. The van der Waals surface area contributed by atoms with Crippen molar-refractivity contribution in [3.63, 3.8) is 0 Å². The highest BCUT2D eigenvalue weighted by Gasteiger charge is 2.38. The van der Waals surface area contributed by atoms with E-state index in [9.17, 15) is 25.3 Å². The number of benzene rings is 3. The van der Waals surface area contributed by atoms with Crippen molar-refractivity contribution in [3.05, 3.63) is 112 Å². The minimum absolute atomic E-state index is 0.0993. The molecule has 0 heterocycles. The third kappa shape index (κ3) is 4.82. The van der Waals surface area contributed by atoms with Crippen LogP contribution in [0.4, 0.5) is 5.69 Å². The van der Waals surface area contributed by atoms with E-state index in [1.165, 1.54) is 24.3 Å². The van der Waals surface area contributed by atoms with Crippen molar-refractivity contribution in [1.82, 2.24) is 5.32 Å². The van der Waals surface area contributed by atoms with Gasteiger partial charge in [0.25, 0.3) is 5.69 Å². The molecule has 162 valence electrons. The van der Waals surface area contributed by atoms with E-state index in [0.717, 1.165) is 0 Å². The van der Waals surface area contributed by atoms with Gasteiger partial charge in [-0.25, -0.2) is 0 Å². The molecular weight excluding hydrogens is 406 g/mol. The van der Waals surface area contributed by atoms with Gasteiger partial charge in [0, 0.05) is 12.1 Å². The average molecular weight is 429 g/mol. The zero-order valence-electron chi connectivity index (χ0n) is 17.5. The maximum absolute atomic E-state index is 13.0. The summed E-state index contributed by atoms with van der Waals surface area (Å²) in [6.07, 6.45) is -1.12. The Hall–Kier alpha value is -4.02. The largest absolute Gasteiger partial charge is 0.386 e. The Labute approximate surface area is 186 Å². The van der Waals surface area contributed by atoms with Crippen molar-refractivity contribution in [1.29, 1.82) is 5.26 Å². The molecular formula is C25H23N3O4.